The summed E-state index contributed by atoms with van der Waals surface area (Å²) in [5.41, 5.74) is 3.49. The molecule has 4 aromatic rings. The van der Waals surface area contributed by atoms with Gasteiger partial charge in [-0.2, -0.15) is 0 Å². The van der Waals surface area contributed by atoms with Gasteiger partial charge in [-0.05, 0) is 33.1 Å². The van der Waals surface area contributed by atoms with Crippen molar-refractivity contribution < 1.29 is 14.3 Å². The van der Waals surface area contributed by atoms with Crippen LogP contribution >= 0.6 is 15.9 Å². The number of pyridine rings is 2. The molecule has 5 nitrogen and oxygen atoms in total. The molecule has 0 atom stereocenters. The average Bonchev–Trinajstić information content (AvgIpc) is 2.78. The van der Waals surface area contributed by atoms with Gasteiger partial charge in [0.25, 0.3) is 0 Å². The molecule has 0 unspecified atom stereocenters. The molecule has 0 bridgehead atoms. The smallest absolute Gasteiger partial charge is 0.341 e. The lowest BCUT2D eigenvalue weighted by atomic mass is 10.2. The number of ether oxygens (including phenoxy) is 2. The third kappa shape index (κ3) is 4.60. The second-order valence-corrected chi connectivity index (χ2v) is 7.13. The van der Waals surface area contributed by atoms with Crippen LogP contribution in [-0.2, 0) is 18.0 Å². The van der Waals surface area contributed by atoms with Gasteiger partial charge in [-0.1, -0.05) is 60.7 Å². The van der Waals surface area contributed by atoms with E-state index >= 15 is 0 Å². The highest BCUT2D eigenvalue weighted by Crippen LogP contribution is 2.27. The molecule has 0 N–H and O–H groups in total. The summed E-state index contributed by atoms with van der Waals surface area (Å²) in [6.45, 7) is 0.598. The highest BCUT2D eigenvalue weighted by Gasteiger charge is 2.17. The van der Waals surface area contributed by atoms with Gasteiger partial charge in [0.2, 0.25) is 5.88 Å². The predicted molar refractivity (Wildman–Crippen MR) is 114 cm³/mol. The second-order valence-electron chi connectivity index (χ2n) is 6.34. The summed E-state index contributed by atoms with van der Waals surface area (Å²) in [5, 5.41) is 0. The van der Waals surface area contributed by atoms with E-state index in [2.05, 4.69) is 25.9 Å². The molecule has 29 heavy (non-hydrogen) atoms. The van der Waals surface area contributed by atoms with Crippen molar-refractivity contribution in [1.82, 2.24) is 9.97 Å². The van der Waals surface area contributed by atoms with Crippen LogP contribution < -0.4 is 4.74 Å². The number of halogens is 1. The van der Waals surface area contributed by atoms with Gasteiger partial charge in [0, 0.05) is 12.3 Å². The molecule has 0 saturated heterocycles. The van der Waals surface area contributed by atoms with Crippen LogP contribution in [0.5, 0.6) is 5.88 Å². The maximum atomic E-state index is 12.5. The third-order valence-corrected chi connectivity index (χ3v) is 5.09. The molecule has 2 aromatic carbocycles. The molecule has 0 aliphatic rings. The number of hydrogen-bond acceptors (Lipinski definition) is 5. The lowest BCUT2D eigenvalue weighted by Crippen LogP contribution is -2.07. The molecule has 0 aliphatic heterocycles. The summed E-state index contributed by atoms with van der Waals surface area (Å²) in [6.07, 6.45) is 1.49. The van der Waals surface area contributed by atoms with Gasteiger partial charge < -0.3 is 9.47 Å². The van der Waals surface area contributed by atoms with Crippen molar-refractivity contribution in [2.75, 3.05) is 0 Å². The Kier molecular flexibility index (Phi) is 5.81. The minimum Gasteiger partial charge on any atom is -0.473 e. The van der Waals surface area contributed by atoms with Crippen molar-refractivity contribution in [3.8, 4) is 5.88 Å². The standard InChI is InChI=1S/C23H17BrN2O3/c24-21-18(23(27)29-15-17-9-5-2-6-10-17)13-25-19-11-12-20(26-22(19)21)28-14-16-7-3-1-4-8-16/h1-13H,14-15H2. The van der Waals surface area contributed by atoms with E-state index in [1.54, 1.807) is 6.07 Å². The molecular weight excluding hydrogens is 432 g/mol. The van der Waals surface area contributed by atoms with Gasteiger partial charge in [-0.3, -0.25) is 4.98 Å². The zero-order valence-corrected chi connectivity index (χ0v) is 17.0. The zero-order chi connectivity index (χ0) is 20.1. The van der Waals surface area contributed by atoms with E-state index in [1.165, 1.54) is 6.20 Å². The SMILES string of the molecule is O=C(OCc1ccccc1)c1cnc2ccc(OCc3ccccc3)nc2c1Br. The van der Waals surface area contributed by atoms with E-state index in [-0.39, 0.29) is 6.61 Å². The summed E-state index contributed by atoms with van der Waals surface area (Å²) in [6, 6.07) is 22.9. The van der Waals surface area contributed by atoms with E-state index < -0.39 is 5.97 Å². The van der Waals surface area contributed by atoms with Gasteiger partial charge in [-0.15, -0.1) is 0 Å². The van der Waals surface area contributed by atoms with E-state index in [1.807, 2.05) is 66.7 Å². The van der Waals surface area contributed by atoms with Crippen LogP contribution in [0.15, 0.2) is 83.5 Å². The minimum absolute atomic E-state index is 0.192. The molecule has 2 aromatic heterocycles. The Balaban J connectivity index is 1.52. The monoisotopic (exact) mass is 448 g/mol. The Labute approximate surface area is 176 Å². The molecule has 0 spiro atoms. The maximum absolute atomic E-state index is 12.5. The minimum atomic E-state index is -0.465. The Morgan fingerprint density at radius 2 is 1.52 bits per heavy atom. The topological polar surface area (TPSA) is 61.3 Å². The summed E-state index contributed by atoms with van der Waals surface area (Å²) in [7, 11) is 0. The van der Waals surface area contributed by atoms with Crippen molar-refractivity contribution >= 4 is 32.9 Å². The van der Waals surface area contributed by atoms with Crippen LogP contribution in [0.25, 0.3) is 11.0 Å². The van der Waals surface area contributed by atoms with Crippen LogP contribution in [0.1, 0.15) is 21.5 Å². The molecular formula is C23H17BrN2O3. The van der Waals surface area contributed by atoms with Crippen LogP contribution in [0.4, 0.5) is 0 Å². The normalized spacial score (nSPS) is 10.7. The Bertz CT molecular complexity index is 1130. The molecule has 0 fully saturated rings. The first kappa shape index (κ1) is 19.1. The molecule has 0 amide bonds. The first-order valence-electron chi connectivity index (χ1n) is 9.04. The predicted octanol–water partition coefficient (Wildman–Crippen LogP) is 5.33. The van der Waals surface area contributed by atoms with Gasteiger partial charge >= 0.3 is 5.97 Å². The fraction of sp³-hybridized carbons (Fsp3) is 0.0870. The highest BCUT2D eigenvalue weighted by molar-refractivity contribution is 9.10. The number of hydrogen-bond donors (Lipinski definition) is 0. The van der Waals surface area contributed by atoms with Crippen molar-refractivity contribution in [3.63, 3.8) is 0 Å². The number of aromatic nitrogens is 2. The average molecular weight is 449 g/mol. The van der Waals surface area contributed by atoms with Crippen LogP contribution in [0.2, 0.25) is 0 Å². The number of rotatable bonds is 6. The number of benzene rings is 2. The molecule has 144 valence electrons. The number of nitrogens with zero attached hydrogens (tertiary/aromatic N) is 2. The van der Waals surface area contributed by atoms with E-state index in [9.17, 15) is 4.79 Å². The molecule has 4 rings (SSSR count). The summed E-state index contributed by atoms with van der Waals surface area (Å²) in [4.78, 5) is 21.4. The number of fused-ring (bicyclic) bond motifs is 1. The fourth-order valence-corrected chi connectivity index (χ4v) is 3.33. The van der Waals surface area contributed by atoms with Crippen LogP contribution in [-0.4, -0.2) is 15.9 Å². The summed E-state index contributed by atoms with van der Waals surface area (Å²) >= 11 is 3.48. The van der Waals surface area contributed by atoms with Gasteiger partial charge in [-0.25, -0.2) is 9.78 Å². The van der Waals surface area contributed by atoms with Crippen LogP contribution in [0.3, 0.4) is 0 Å². The zero-order valence-electron chi connectivity index (χ0n) is 15.4. The van der Waals surface area contributed by atoms with Crippen molar-refractivity contribution in [2.45, 2.75) is 13.2 Å². The first-order valence-corrected chi connectivity index (χ1v) is 9.83. The quantitative estimate of drug-likeness (QED) is 0.373. The first-order chi connectivity index (χ1) is 14.2. The van der Waals surface area contributed by atoms with E-state index in [4.69, 9.17) is 9.47 Å². The Morgan fingerprint density at radius 1 is 0.862 bits per heavy atom. The van der Waals surface area contributed by atoms with Crippen LogP contribution in [0, 0.1) is 0 Å². The van der Waals surface area contributed by atoms with E-state index in [0.717, 1.165) is 11.1 Å². The lowest BCUT2D eigenvalue weighted by Gasteiger charge is -2.10. The number of carbonyl (C=O) groups excluding carboxylic acids is 1. The number of esters is 1. The Morgan fingerprint density at radius 3 is 2.21 bits per heavy atom. The molecule has 2 heterocycles. The van der Waals surface area contributed by atoms with Gasteiger partial charge in [0.15, 0.2) is 0 Å². The fourth-order valence-electron chi connectivity index (χ4n) is 2.77. The molecule has 0 radical (unpaired) electrons. The van der Waals surface area contributed by atoms with Crippen molar-refractivity contribution in [1.29, 1.82) is 0 Å². The van der Waals surface area contributed by atoms with Gasteiger partial charge in [0.05, 0.1) is 15.6 Å². The molecule has 0 saturated carbocycles. The summed E-state index contributed by atoms with van der Waals surface area (Å²) < 4.78 is 11.7. The van der Waals surface area contributed by atoms with E-state index in [0.29, 0.717) is 33.6 Å². The lowest BCUT2D eigenvalue weighted by molar-refractivity contribution is 0.0471. The number of carbonyl (C=O) groups is 1. The summed E-state index contributed by atoms with van der Waals surface area (Å²) in [5.74, 6) is -0.00816. The Hall–Kier alpha value is -3.25. The molecule has 6 heteroatoms. The maximum Gasteiger partial charge on any atom is 0.341 e. The van der Waals surface area contributed by atoms with Gasteiger partial charge in [0.1, 0.15) is 18.7 Å². The van der Waals surface area contributed by atoms with Crippen molar-refractivity contribution in [2.24, 2.45) is 0 Å². The van der Waals surface area contributed by atoms with Crippen molar-refractivity contribution in [3.05, 3.63) is 100 Å². The second kappa shape index (κ2) is 8.84. The third-order valence-electron chi connectivity index (χ3n) is 4.29. The largest absolute Gasteiger partial charge is 0.473 e. The highest BCUT2D eigenvalue weighted by atomic mass is 79.9. The molecule has 0 aliphatic carbocycles.